The Morgan fingerprint density at radius 1 is 1.21 bits per heavy atom. The summed E-state index contributed by atoms with van der Waals surface area (Å²) in [6.07, 6.45) is 4.24. The molecular formula is C21H34IN3O2S. The number of sulfone groups is 1. The van der Waals surface area contributed by atoms with E-state index in [2.05, 4.69) is 60.7 Å². The molecule has 28 heavy (non-hydrogen) atoms. The molecule has 158 valence electrons. The van der Waals surface area contributed by atoms with Crippen molar-refractivity contribution in [3.63, 3.8) is 0 Å². The Morgan fingerprint density at radius 3 is 2.29 bits per heavy atom. The maximum absolute atomic E-state index is 11.7. The molecule has 0 bridgehead atoms. The van der Waals surface area contributed by atoms with Gasteiger partial charge in [-0.3, -0.25) is 4.99 Å². The Hall–Kier alpha value is -0.830. The van der Waals surface area contributed by atoms with Crippen LogP contribution in [0.15, 0.2) is 29.3 Å². The predicted octanol–water partition coefficient (Wildman–Crippen LogP) is 3.38. The SMILES string of the molecule is CN=C(NCC1(c2ccc(C(C)(C)C)cc2)CCC1)NC1CCS(=O)(=O)C1.I. The first-order valence-corrected chi connectivity index (χ1v) is 11.7. The van der Waals surface area contributed by atoms with Crippen molar-refractivity contribution in [3.8, 4) is 0 Å². The molecular weight excluding hydrogens is 485 g/mol. The lowest BCUT2D eigenvalue weighted by Gasteiger charge is -2.43. The molecule has 2 N–H and O–H groups in total. The van der Waals surface area contributed by atoms with E-state index in [4.69, 9.17) is 0 Å². The number of rotatable bonds is 4. The molecule has 5 nitrogen and oxygen atoms in total. The largest absolute Gasteiger partial charge is 0.356 e. The van der Waals surface area contributed by atoms with Crippen LogP contribution in [0.4, 0.5) is 0 Å². The van der Waals surface area contributed by atoms with Gasteiger partial charge in [-0.05, 0) is 35.8 Å². The monoisotopic (exact) mass is 519 g/mol. The van der Waals surface area contributed by atoms with Crippen molar-refractivity contribution in [2.45, 2.75) is 63.3 Å². The molecule has 1 unspecified atom stereocenters. The van der Waals surface area contributed by atoms with Crippen LogP contribution in [0.25, 0.3) is 0 Å². The summed E-state index contributed by atoms with van der Waals surface area (Å²) in [7, 11) is -1.15. The third kappa shape index (κ3) is 5.40. The highest BCUT2D eigenvalue weighted by Gasteiger charge is 2.39. The van der Waals surface area contributed by atoms with E-state index < -0.39 is 9.84 Å². The smallest absolute Gasteiger partial charge is 0.191 e. The summed E-state index contributed by atoms with van der Waals surface area (Å²) in [5.41, 5.74) is 3.05. The Kier molecular flexibility index (Phi) is 7.45. The molecule has 1 saturated carbocycles. The van der Waals surface area contributed by atoms with Crippen molar-refractivity contribution in [1.29, 1.82) is 0 Å². The maximum atomic E-state index is 11.7. The Bertz CT molecular complexity index is 794. The second kappa shape index (κ2) is 8.90. The summed E-state index contributed by atoms with van der Waals surface area (Å²) in [6, 6.07) is 9.03. The van der Waals surface area contributed by atoms with E-state index in [1.54, 1.807) is 7.05 Å². The second-order valence-electron chi connectivity index (χ2n) is 9.13. The van der Waals surface area contributed by atoms with Gasteiger partial charge in [-0.2, -0.15) is 0 Å². The molecule has 2 fully saturated rings. The number of hydrogen-bond acceptors (Lipinski definition) is 3. The number of nitrogens with zero attached hydrogens (tertiary/aromatic N) is 1. The van der Waals surface area contributed by atoms with Crippen LogP contribution in [0, 0.1) is 0 Å². The Labute approximate surface area is 187 Å². The van der Waals surface area contributed by atoms with Crippen LogP contribution in [0.3, 0.4) is 0 Å². The first-order valence-electron chi connectivity index (χ1n) is 9.92. The van der Waals surface area contributed by atoms with Gasteiger partial charge in [0.05, 0.1) is 11.5 Å². The lowest BCUT2D eigenvalue weighted by Crippen LogP contribution is -2.51. The van der Waals surface area contributed by atoms with E-state index in [0.29, 0.717) is 12.4 Å². The highest BCUT2D eigenvalue weighted by molar-refractivity contribution is 14.0. The van der Waals surface area contributed by atoms with E-state index in [-0.39, 0.29) is 52.4 Å². The molecule has 1 aliphatic carbocycles. The van der Waals surface area contributed by atoms with Crippen LogP contribution in [0.1, 0.15) is 57.6 Å². The molecule has 3 rings (SSSR count). The van der Waals surface area contributed by atoms with Gasteiger partial charge in [-0.15, -0.1) is 24.0 Å². The normalized spacial score (nSPS) is 23.4. The summed E-state index contributed by atoms with van der Waals surface area (Å²) < 4.78 is 23.3. The van der Waals surface area contributed by atoms with Gasteiger partial charge in [0.15, 0.2) is 15.8 Å². The number of benzene rings is 1. The number of hydrogen-bond donors (Lipinski definition) is 2. The molecule has 1 aromatic rings. The summed E-state index contributed by atoms with van der Waals surface area (Å²) in [4.78, 5) is 4.30. The average molecular weight is 519 g/mol. The zero-order chi connectivity index (χ0) is 19.7. The quantitative estimate of drug-likeness (QED) is 0.364. The highest BCUT2D eigenvalue weighted by atomic mass is 127. The van der Waals surface area contributed by atoms with Crippen molar-refractivity contribution in [2.75, 3.05) is 25.1 Å². The summed E-state index contributed by atoms with van der Waals surface area (Å²) in [6.45, 7) is 7.53. The van der Waals surface area contributed by atoms with Gasteiger partial charge >= 0.3 is 0 Å². The van der Waals surface area contributed by atoms with E-state index in [1.165, 1.54) is 30.4 Å². The van der Waals surface area contributed by atoms with Gasteiger partial charge in [0.2, 0.25) is 0 Å². The van der Waals surface area contributed by atoms with Crippen LogP contribution >= 0.6 is 24.0 Å². The van der Waals surface area contributed by atoms with E-state index in [0.717, 1.165) is 6.54 Å². The van der Waals surface area contributed by atoms with Crippen molar-refractivity contribution >= 4 is 39.8 Å². The standard InChI is InChI=1S/C21H33N3O2S.HI/c1-20(2,3)16-6-8-17(9-7-16)21(11-5-12-21)15-23-19(22-4)24-18-10-13-27(25,26)14-18;/h6-9,18H,5,10-15H2,1-4H3,(H2,22,23,24);1H. The van der Waals surface area contributed by atoms with Gasteiger partial charge in [0.1, 0.15) is 0 Å². The van der Waals surface area contributed by atoms with Crippen molar-refractivity contribution < 1.29 is 8.42 Å². The van der Waals surface area contributed by atoms with Crippen LogP contribution in [0.5, 0.6) is 0 Å². The third-order valence-corrected chi connectivity index (χ3v) is 7.83. The Morgan fingerprint density at radius 2 is 1.86 bits per heavy atom. The molecule has 1 heterocycles. The van der Waals surface area contributed by atoms with E-state index in [1.807, 2.05) is 0 Å². The van der Waals surface area contributed by atoms with E-state index in [9.17, 15) is 8.42 Å². The van der Waals surface area contributed by atoms with Crippen molar-refractivity contribution in [2.24, 2.45) is 4.99 Å². The molecule has 2 aliphatic rings. The first kappa shape index (κ1) is 23.4. The molecule has 1 atom stereocenters. The minimum Gasteiger partial charge on any atom is -0.356 e. The minimum atomic E-state index is -2.89. The molecule has 0 aromatic heterocycles. The lowest BCUT2D eigenvalue weighted by molar-refractivity contribution is 0.243. The topological polar surface area (TPSA) is 70.6 Å². The van der Waals surface area contributed by atoms with Gasteiger partial charge in [-0.1, -0.05) is 51.5 Å². The van der Waals surface area contributed by atoms with Crippen molar-refractivity contribution in [3.05, 3.63) is 35.4 Å². The lowest BCUT2D eigenvalue weighted by atomic mass is 9.64. The molecule has 1 aromatic carbocycles. The minimum absolute atomic E-state index is 0. The van der Waals surface area contributed by atoms with Crippen LogP contribution in [-0.4, -0.2) is 45.5 Å². The van der Waals surface area contributed by atoms with Gasteiger partial charge in [0.25, 0.3) is 0 Å². The fourth-order valence-corrected chi connectivity index (χ4v) is 5.72. The number of aliphatic imine (C=N–C) groups is 1. The molecule has 1 aliphatic heterocycles. The fourth-order valence-electron chi connectivity index (χ4n) is 4.04. The Balaban J connectivity index is 0.00000280. The van der Waals surface area contributed by atoms with Gasteiger partial charge in [-0.25, -0.2) is 8.42 Å². The van der Waals surface area contributed by atoms with E-state index >= 15 is 0 Å². The maximum Gasteiger partial charge on any atom is 0.191 e. The van der Waals surface area contributed by atoms with Gasteiger partial charge < -0.3 is 10.6 Å². The molecule has 0 spiro atoms. The van der Waals surface area contributed by atoms with Crippen LogP contribution in [0.2, 0.25) is 0 Å². The molecule has 0 amide bonds. The van der Waals surface area contributed by atoms with Gasteiger partial charge in [0, 0.05) is 25.0 Å². The zero-order valence-electron chi connectivity index (χ0n) is 17.4. The molecule has 0 radical (unpaired) electrons. The first-order chi connectivity index (χ1) is 12.6. The highest BCUT2D eigenvalue weighted by Crippen LogP contribution is 2.43. The number of nitrogens with one attached hydrogen (secondary N) is 2. The number of halogens is 1. The number of guanidine groups is 1. The average Bonchev–Trinajstić information content (AvgIpc) is 2.91. The molecule has 1 saturated heterocycles. The summed E-state index contributed by atoms with van der Waals surface area (Å²) in [5.74, 6) is 1.17. The molecule has 7 heteroatoms. The van der Waals surface area contributed by atoms with Crippen LogP contribution in [-0.2, 0) is 20.7 Å². The summed E-state index contributed by atoms with van der Waals surface area (Å²) in [5, 5.41) is 6.74. The second-order valence-corrected chi connectivity index (χ2v) is 11.4. The zero-order valence-corrected chi connectivity index (χ0v) is 20.6. The van der Waals surface area contributed by atoms with Crippen LogP contribution < -0.4 is 10.6 Å². The fraction of sp³-hybridized carbons (Fsp3) is 0.667. The third-order valence-electron chi connectivity index (χ3n) is 6.07. The predicted molar refractivity (Wildman–Crippen MR) is 128 cm³/mol. The van der Waals surface area contributed by atoms with Crippen molar-refractivity contribution in [1.82, 2.24) is 10.6 Å². The summed E-state index contributed by atoms with van der Waals surface area (Å²) >= 11 is 0.